The second-order valence-corrected chi connectivity index (χ2v) is 15.3. The van der Waals surface area contributed by atoms with Gasteiger partial charge in [-0.25, -0.2) is 4.79 Å². The molecule has 0 aliphatic carbocycles. The molecule has 0 radical (unpaired) electrons. The van der Waals surface area contributed by atoms with Crippen molar-refractivity contribution in [2.24, 2.45) is 0 Å². The highest BCUT2D eigenvalue weighted by Gasteiger charge is 2.31. The van der Waals surface area contributed by atoms with E-state index in [1.165, 1.54) is 122 Å². The largest absolute Gasteiger partial charge is 0.477 e. The Kier molecular flexibility index (Phi) is 32.3. The van der Waals surface area contributed by atoms with Crippen LogP contribution >= 0.6 is 0 Å². The number of unbranched alkanes of at least 4 members (excludes halogenated alkanes) is 23. The van der Waals surface area contributed by atoms with E-state index in [4.69, 9.17) is 14.2 Å². The zero-order chi connectivity index (χ0) is 36.4. The van der Waals surface area contributed by atoms with Crippen molar-refractivity contribution in [3.63, 3.8) is 0 Å². The molecule has 0 rings (SSSR count). The molecule has 0 fully saturated rings. The monoisotopic (exact) mass is 699 g/mol. The fraction of sp³-hybridized carbons (Fsp3) is 0.927. The van der Waals surface area contributed by atoms with Gasteiger partial charge in [-0.2, -0.15) is 0 Å². The first-order valence-corrected chi connectivity index (χ1v) is 20.6. The number of carboxylic acid groups (broad SMARTS) is 1. The van der Waals surface area contributed by atoms with Crippen LogP contribution in [0.5, 0.6) is 0 Å². The number of rotatable bonds is 37. The summed E-state index contributed by atoms with van der Waals surface area (Å²) in [6.45, 7) is 4.74. The van der Waals surface area contributed by atoms with E-state index in [1.807, 2.05) is 21.1 Å². The molecular weight excluding hydrogens is 618 g/mol. The van der Waals surface area contributed by atoms with Gasteiger partial charge in [-0.1, -0.05) is 162 Å². The zero-order valence-electron chi connectivity index (χ0n) is 32.9. The second-order valence-electron chi connectivity index (χ2n) is 15.3. The van der Waals surface area contributed by atoms with Crippen LogP contribution in [0.15, 0.2) is 0 Å². The van der Waals surface area contributed by atoms with Crippen molar-refractivity contribution in [3.8, 4) is 0 Å². The molecular formula is C41H80NO7+. The Balaban J connectivity index is 4.33. The Morgan fingerprint density at radius 3 is 1.27 bits per heavy atom. The summed E-state index contributed by atoms with van der Waals surface area (Å²) in [5.41, 5.74) is 0. The topological polar surface area (TPSA) is 99.1 Å². The standard InChI is InChI=1S/C41H79NO7/c1-6-8-10-12-14-16-18-19-20-21-22-24-26-28-30-32-40(44)49-37(35-47-34-33-38(41(45)46)42(3,4)5)36-48-39(43)31-29-27-25-23-17-15-13-11-9-7-2/h37-38H,6-36H2,1-5H3/p+1. The number of carbonyl (C=O) groups is 3. The number of carboxylic acids is 1. The number of nitrogens with zero attached hydrogens (tertiary/aromatic N) is 1. The molecule has 0 aliphatic heterocycles. The normalized spacial score (nSPS) is 12.9. The lowest BCUT2D eigenvalue weighted by Crippen LogP contribution is -2.50. The molecule has 0 heterocycles. The molecule has 2 unspecified atom stereocenters. The van der Waals surface area contributed by atoms with Gasteiger partial charge in [-0.15, -0.1) is 0 Å². The van der Waals surface area contributed by atoms with E-state index in [9.17, 15) is 19.5 Å². The van der Waals surface area contributed by atoms with Crippen LogP contribution in [0, 0.1) is 0 Å². The molecule has 0 aromatic rings. The van der Waals surface area contributed by atoms with Crippen LogP contribution in [0.25, 0.3) is 0 Å². The van der Waals surface area contributed by atoms with Crippen molar-refractivity contribution >= 4 is 17.9 Å². The summed E-state index contributed by atoms with van der Waals surface area (Å²) in [5, 5.41) is 9.59. The molecule has 0 amide bonds. The van der Waals surface area contributed by atoms with Gasteiger partial charge in [0.2, 0.25) is 0 Å². The molecule has 8 heteroatoms. The zero-order valence-corrected chi connectivity index (χ0v) is 32.9. The van der Waals surface area contributed by atoms with Gasteiger partial charge in [0, 0.05) is 19.3 Å². The summed E-state index contributed by atoms with van der Waals surface area (Å²) >= 11 is 0. The van der Waals surface area contributed by atoms with Gasteiger partial charge < -0.3 is 23.8 Å². The summed E-state index contributed by atoms with van der Waals surface area (Å²) in [5.74, 6) is -1.45. The van der Waals surface area contributed by atoms with Gasteiger partial charge in [0.15, 0.2) is 12.1 Å². The number of esters is 2. The van der Waals surface area contributed by atoms with Crippen LogP contribution in [0.1, 0.15) is 194 Å². The van der Waals surface area contributed by atoms with Gasteiger partial charge in [0.1, 0.15) is 6.61 Å². The van der Waals surface area contributed by atoms with Crippen molar-refractivity contribution < 1.29 is 38.2 Å². The molecule has 0 spiro atoms. The first kappa shape index (κ1) is 47.3. The Morgan fingerprint density at radius 1 is 0.531 bits per heavy atom. The molecule has 0 saturated heterocycles. The second kappa shape index (κ2) is 33.5. The smallest absolute Gasteiger partial charge is 0.362 e. The lowest BCUT2D eigenvalue weighted by Gasteiger charge is -2.31. The average molecular weight is 699 g/mol. The van der Waals surface area contributed by atoms with Crippen molar-refractivity contribution in [3.05, 3.63) is 0 Å². The highest BCUT2D eigenvalue weighted by molar-refractivity contribution is 5.72. The van der Waals surface area contributed by atoms with E-state index >= 15 is 0 Å². The van der Waals surface area contributed by atoms with Crippen molar-refractivity contribution in [1.82, 2.24) is 0 Å². The maximum Gasteiger partial charge on any atom is 0.362 e. The SMILES string of the molecule is CCCCCCCCCCCCCCCCCC(=O)OC(COCCC(C(=O)O)[N+](C)(C)C)COC(=O)CCCCCCCCCCCC. The van der Waals surface area contributed by atoms with Crippen LogP contribution < -0.4 is 0 Å². The average Bonchev–Trinajstić information content (AvgIpc) is 3.05. The van der Waals surface area contributed by atoms with Crippen LogP contribution in [0.2, 0.25) is 0 Å². The van der Waals surface area contributed by atoms with Crippen molar-refractivity contribution in [1.29, 1.82) is 0 Å². The van der Waals surface area contributed by atoms with Gasteiger partial charge in [0.05, 0.1) is 34.4 Å². The highest BCUT2D eigenvalue weighted by atomic mass is 16.6. The van der Waals surface area contributed by atoms with Gasteiger partial charge >= 0.3 is 17.9 Å². The minimum atomic E-state index is -0.872. The summed E-state index contributed by atoms with van der Waals surface area (Å²) in [6.07, 6.45) is 31.4. The molecule has 2 atom stereocenters. The van der Waals surface area contributed by atoms with E-state index in [-0.39, 0.29) is 36.2 Å². The number of quaternary nitrogens is 1. The van der Waals surface area contributed by atoms with E-state index in [1.54, 1.807) is 0 Å². The Bertz CT molecular complexity index is 782. The molecule has 0 bridgehead atoms. The molecule has 8 nitrogen and oxygen atoms in total. The predicted octanol–water partition coefficient (Wildman–Crippen LogP) is 10.6. The lowest BCUT2D eigenvalue weighted by molar-refractivity contribution is -0.887. The predicted molar refractivity (Wildman–Crippen MR) is 202 cm³/mol. The first-order chi connectivity index (χ1) is 23.6. The molecule has 1 N–H and O–H groups in total. The maximum atomic E-state index is 12.7. The number of carbonyl (C=O) groups excluding carboxylic acids is 2. The van der Waals surface area contributed by atoms with Gasteiger partial charge in [-0.3, -0.25) is 9.59 Å². The van der Waals surface area contributed by atoms with E-state index in [0.717, 1.165) is 38.5 Å². The summed E-state index contributed by atoms with van der Waals surface area (Å²) in [6, 6.07) is -0.606. The van der Waals surface area contributed by atoms with Crippen LogP contribution in [0.4, 0.5) is 0 Å². The number of likely N-dealkylation sites (N-methyl/N-ethyl adjacent to an activating group) is 1. The Labute approximate surface area is 302 Å². The van der Waals surface area contributed by atoms with Crippen LogP contribution in [-0.2, 0) is 28.6 Å². The fourth-order valence-corrected chi connectivity index (χ4v) is 6.27. The quantitative estimate of drug-likeness (QED) is 0.0392. The fourth-order valence-electron chi connectivity index (χ4n) is 6.27. The van der Waals surface area contributed by atoms with Crippen molar-refractivity contribution in [2.45, 2.75) is 206 Å². The Morgan fingerprint density at radius 2 is 0.898 bits per heavy atom. The third-order valence-corrected chi connectivity index (χ3v) is 9.51. The van der Waals surface area contributed by atoms with E-state index in [2.05, 4.69) is 13.8 Å². The van der Waals surface area contributed by atoms with Gasteiger partial charge in [0.25, 0.3) is 0 Å². The van der Waals surface area contributed by atoms with Crippen molar-refractivity contribution in [2.75, 3.05) is 41.0 Å². The van der Waals surface area contributed by atoms with E-state index < -0.39 is 18.1 Å². The first-order valence-electron chi connectivity index (χ1n) is 20.6. The molecule has 0 aliphatic rings. The lowest BCUT2D eigenvalue weighted by atomic mass is 10.0. The number of ether oxygens (including phenoxy) is 3. The number of hydrogen-bond donors (Lipinski definition) is 1. The minimum absolute atomic E-state index is 0.0428. The third kappa shape index (κ3) is 32.0. The van der Waals surface area contributed by atoms with Crippen LogP contribution in [-0.4, -0.2) is 80.6 Å². The molecule has 49 heavy (non-hydrogen) atoms. The molecule has 0 saturated carbocycles. The molecule has 290 valence electrons. The van der Waals surface area contributed by atoms with E-state index in [0.29, 0.717) is 19.3 Å². The third-order valence-electron chi connectivity index (χ3n) is 9.51. The van der Waals surface area contributed by atoms with Gasteiger partial charge in [-0.05, 0) is 12.8 Å². The number of hydrogen-bond acceptors (Lipinski definition) is 6. The summed E-state index contributed by atoms with van der Waals surface area (Å²) in [7, 11) is 5.53. The van der Waals surface area contributed by atoms with Crippen LogP contribution in [0.3, 0.4) is 0 Å². The Hall–Kier alpha value is -1.67. The molecule has 0 aromatic carbocycles. The molecule has 0 aromatic heterocycles. The summed E-state index contributed by atoms with van der Waals surface area (Å²) in [4.78, 5) is 36.8. The highest BCUT2D eigenvalue weighted by Crippen LogP contribution is 2.15. The number of aliphatic carboxylic acids is 1. The maximum absolute atomic E-state index is 12.7. The minimum Gasteiger partial charge on any atom is -0.477 e. The summed E-state index contributed by atoms with van der Waals surface area (Å²) < 4.78 is 17.2.